The van der Waals surface area contributed by atoms with Crippen LogP contribution in [0, 0.1) is 0 Å². The molecule has 0 saturated carbocycles. The third-order valence-corrected chi connectivity index (χ3v) is 3.30. The van der Waals surface area contributed by atoms with E-state index in [-0.39, 0.29) is 6.04 Å². The van der Waals surface area contributed by atoms with Crippen LogP contribution in [0.1, 0.15) is 13.8 Å². The van der Waals surface area contributed by atoms with Gasteiger partial charge in [-0.25, -0.2) is 8.42 Å². The first-order chi connectivity index (χ1) is 4.49. The van der Waals surface area contributed by atoms with Gasteiger partial charge in [-0.15, -0.1) is 0 Å². The lowest BCUT2D eigenvalue weighted by molar-refractivity contribution is 0.476. The second kappa shape index (κ2) is 2.51. The number of rotatable bonds is 2. The predicted octanol–water partition coefficient (Wildman–Crippen LogP) is -0.219. The zero-order valence-electron chi connectivity index (χ0n) is 6.29. The first-order valence-corrected chi connectivity index (χ1v) is 5.28. The first-order valence-electron chi connectivity index (χ1n) is 3.46. The summed E-state index contributed by atoms with van der Waals surface area (Å²) < 4.78 is 21.3. The van der Waals surface area contributed by atoms with E-state index in [1.165, 1.54) is 0 Å². The van der Waals surface area contributed by atoms with Crippen LogP contribution in [0.2, 0.25) is 0 Å². The van der Waals surface area contributed by atoms with Gasteiger partial charge >= 0.3 is 0 Å². The summed E-state index contributed by atoms with van der Waals surface area (Å²) in [5.74, 6) is 0.649. The van der Waals surface area contributed by atoms with Gasteiger partial charge in [-0.05, 0) is 0 Å². The van der Waals surface area contributed by atoms with E-state index in [2.05, 4.69) is 5.32 Å². The summed E-state index contributed by atoms with van der Waals surface area (Å²) in [6, 6.07) is 0.602. The molecule has 0 bridgehead atoms. The van der Waals surface area contributed by atoms with Crippen molar-refractivity contribution in [2.45, 2.75) is 25.9 Å². The summed E-state index contributed by atoms with van der Waals surface area (Å²) in [6.07, 6.45) is 0. The van der Waals surface area contributed by atoms with E-state index in [4.69, 9.17) is 0 Å². The third kappa shape index (κ3) is 1.95. The molecule has 1 aliphatic rings. The molecular formula is C6H13NO2S. The van der Waals surface area contributed by atoms with Crippen molar-refractivity contribution in [1.82, 2.24) is 5.32 Å². The highest BCUT2D eigenvalue weighted by Gasteiger charge is 2.32. The second-order valence-electron chi connectivity index (χ2n) is 3.10. The Labute approximate surface area is 61.7 Å². The minimum atomic E-state index is -2.64. The van der Waals surface area contributed by atoms with Crippen molar-refractivity contribution < 1.29 is 8.42 Å². The topological polar surface area (TPSA) is 46.2 Å². The second-order valence-corrected chi connectivity index (χ2v) is 5.25. The Hall–Kier alpha value is -0.0900. The molecule has 0 radical (unpaired) electrons. The fourth-order valence-corrected chi connectivity index (χ4v) is 2.45. The largest absolute Gasteiger partial charge is 0.310 e. The predicted molar refractivity (Wildman–Crippen MR) is 40.7 cm³/mol. The van der Waals surface area contributed by atoms with Crippen LogP contribution in [0.3, 0.4) is 0 Å². The molecule has 1 rings (SSSR count). The Morgan fingerprint density at radius 3 is 2.20 bits per heavy atom. The zero-order valence-corrected chi connectivity index (χ0v) is 7.11. The monoisotopic (exact) mass is 163 g/mol. The molecule has 1 saturated heterocycles. The van der Waals surface area contributed by atoms with Gasteiger partial charge in [0.15, 0.2) is 9.84 Å². The van der Waals surface area contributed by atoms with Gasteiger partial charge in [0.05, 0.1) is 11.5 Å². The highest BCUT2D eigenvalue weighted by atomic mass is 32.2. The van der Waals surface area contributed by atoms with Crippen LogP contribution >= 0.6 is 0 Å². The van der Waals surface area contributed by atoms with Crippen LogP contribution in [-0.2, 0) is 9.84 Å². The minimum Gasteiger partial charge on any atom is -0.310 e. The van der Waals surface area contributed by atoms with Crippen molar-refractivity contribution >= 4 is 9.84 Å². The molecule has 1 N–H and O–H groups in total. The Kier molecular flexibility index (Phi) is 2.01. The van der Waals surface area contributed by atoms with Crippen LogP contribution < -0.4 is 5.32 Å². The quantitative estimate of drug-likeness (QED) is 0.612. The molecule has 1 aliphatic heterocycles. The zero-order chi connectivity index (χ0) is 7.78. The van der Waals surface area contributed by atoms with Gasteiger partial charge in [0, 0.05) is 12.1 Å². The number of hydrogen-bond acceptors (Lipinski definition) is 3. The Morgan fingerprint density at radius 2 is 1.90 bits per heavy atom. The van der Waals surface area contributed by atoms with Crippen LogP contribution in [0.15, 0.2) is 0 Å². The highest BCUT2D eigenvalue weighted by molar-refractivity contribution is 7.92. The maximum absolute atomic E-state index is 10.6. The number of nitrogens with one attached hydrogen (secondary N) is 1. The smallest absolute Gasteiger partial charge is 0.153 e. The fourth-order valence-electron chi connectivity index (χ4n) is 1.13. The van der Waals surface area contributed by atoms with Gasteiger partial charge in [0.1, 0.15) is 0 Å². The van der Waals surface area contributed by atoms with Crippen molar-refractivity contribution in [1.29, 1.82) is 0 Å². The number of hydrogen-bond donors (Lipinski definition) is 1. The molecule has 0 aromatic carbocycles. The maximum atomic E-state index is 10.6. The highest BCUT2D eigenvalue weighted by Crippen LogP contribution is 2.10. The normalized spacial score (nSPS) is 24.7. The lowest BCUT2D eigenvalue weighted by Gasteiger charge is -2.28. The molecule has 0 aliphatic carbocycles. The van der Waals surface area contributed by atoms with Gasteiger partial charge in [-0.3, -0.25) is 0 Å². The number of sulfone groups is 1. The SMILES string of the molecule is CC(C)NC1CS(=O)(=O)C1. The molecule has 0 amide bonds. The summed E-state index contributed by atoms with van der Waals surface area (Å²) >= 11 is 0. The molecule has 0 aromatic heterocycles. The van der Waals surface area contributed by atoms with Crippen molar-refractivity contribution in [3.05, 3.63) is 0 Å². The Morgan fingerprint density at radius 1 is 1.40 bits per heavy atom. The van der Waals surface area contributed by atoms with Gasteiger partial charge in [0.25, 0.3) is 0 Å². The van der Waals surface area contributed by atoms with Gasteiger partial charge in [-0.1, -0.05) is 13.8 Å². The third-order valence-electron chi connectivity index (χ3n) is 1.48. The van der Waals surface area contributed by atoms with E-state index in [0.717, 1.165) is 0 Å². The molecule has 1 fully saturated rings. The summed E-state index contributed by atoms with van der Waals surface area (Å²) in [4.78, 5) is 0. The molecule has 3 nitrogen and oxygen atoms in total. The van der Waals surface area contributed by atoms with Gasteiger partial charge < -0.3 is 5.32 Å². The molecule has 0 unspecified atom stereocenters. The van der Waals surface area contributed by atoms with Crippen molar-refractivity contribution in [2.24, 2.45) is 0 Å². The van der Waals surface area contributed by atoms with Crippen molar-refractivity contribution in [3.63, 3.8) is 0 Å². The standard InChI is InChI=1S/C6H13NO2S/c1-5(2)7-6-3-10(8,9)4-6/h5-7H,3-4H2,1-2H3. The Balaban J connectivity index is 2.27. The van der Waals surface area contributed by atoms with E-state index >= 15 is 0 Å². The van der Waals surface area contributed by atoms with E-state index < -0.39 is 9.84 Å². The van der Waals surface area contributed by atoms with Crippen LogP contribution in [0.25, 0.3) is 0 Å². The lowest BCUT2D eigenvalue weighted by atomic mass is 10.3. The lowest BCUT2D eigenvalue weighted by Crippen LogP contribution is -2.53. The average molecular weight is 163 g/mol. The molecule has 60 valence electrons. The van der Waals surface area contributed by atoms with Crippen LogP contribution in [0.5, 0.6) is 0 Å². The maximum Gasteiger partial charge on any atom is 0.153 e. The van der Waals surface area contributed by atoms with E-state index in [9.17, 15) is 8.42 Å². The van der Waals surface area contributed by atoms with Gasteiger partial charge in [0.2, 0.25) is 0 Å². The molecule has 0 aromatic rings. The van der Waals surface area contributed by atoms with E-state index in [1.807, 2.05) is 13.8 Å². The van der Waals surface area contributed by atoms with Crippen molar-refractivity contribution in [3.8, 4) is 0 Å². The van der Waals surface area contributed by atoms with E-state index in [0.29, 0.717) is 17.5 Å². The average Bonchev–Trinajstić information content (AvgIpc) is 1.57. The molecule has 10 heavy (non-hydrogen) atoms. The summed E-state index contributed by atoms with van der Waals surface area (Å²) in [5.41, 5.74) is 0. The van der Waals surface area contributed by atoms with E-state index in [1.54, 1.807) is 0 Å². The molecule has 0 spiro atoms. The van der Waals surface area contributed by atoms with Crippen LogP contribution in [-0.4, -0.2) is 32.0 Å². The van der Waals surface area contributed by atoms with Crippen LogP contribution in [0.4, 0.5) is 0 Å². The summed E-state index contributed by atoms with van der Waals surface area (Å²) in [6.45, 7) is 4.04. The summed E-state index contributed by atoms with van der Waals surface area (Å²) in [7, 11) is -2.64. The minimum absolute atomic E-state index is 0.213. The summed E-state index contributed by atoms with van der Waals surface area (Å²) in [5, 5.41) is 3.16. The van der Waals surface area contributed by atoms with Crippen molar-refractivity contribution in [2.75, 3.05) is 11.5 Å². The first kappa shape index (κ1) is 8.01. The Bertz CT molecular complexity index is 196. The fraction of sp³-hybridized carbons (Fsp3) is 1.00. The molecule has 4 heteroatoms. The molecular weight excluding hydrogens is 150 g/mol. The van der Waals surface area contributed by atoms with Gasteiger partial charge in [-0.2, -0.15) is 0 Å². The molecule has 1 heterocycles. The molecule has 0 atom stereocenters.